The first-order chi connectivity index (χ1) is 8.16. The highest BCUT2D eigenvalue weighted by Crippen LogP contribution is 2.16. The highest BCUT2D eigenvalue weighted by Gasteiger charge is 2.07. The van der Waals surface area contributed by atoms with Crippen molar-refractivity contribution in [1.82, 2.24) is 10.1 Å². The normalized spacial score (nSPS) is 10.1. The van der Waals surface area contributed by atoms with E-state index in [4.69, 9.17) is 11.5 Å². The molecule has 0 aliphatic heterocycles. The maximum atomic E-state index is 11.0. The number of primary amides is 1. The fraction of sp³-hybridized carbons (Fsp3) is 0.100. The van der Waals surface area contributed by atoms with Crippen molar-refractivity contribution in [2.45, 2.75) is 6.54 Å². The van der Waals surface area contributed by atoms with E-state index in [-0.39, 0.29) is 5.69 Å². The number of nitrogens with zero attached hydrogens (tertiary/aromatic N) is 2. The molecule has 0 aromatic carbocycles. The number of nitrogens with two attached hydrogens (primary N) is 2. The summed E-state index contributed by atoms with van der Waals surface area (Å²) in [6, 6.07) is 4.75. The number of anilines is 2. The van der Waals surface area contributed by atoms with Crippen LogP contribution in [-0.4, -0.2) is 16.0 Å². The number of rotatable bonds is 4. The lowest BCUT2D eigenvalue weighted by Crippen LogP contribution is -2.15. The van der Waals surface area contributed by atoms with Gasteiger partial charge in [-0.05, 0) is 12.1 Å². The van der Waals surface area contributed by atoms with E-state index in [0.29, 0.717) is 23.7 Å². The number of hydrogen-bond donors (Lipinski definition) is 3. The van der Waals surface area contributed by atoms with Gasteiger partial charge in [0, 0.05) is 6.07 Å². The van der Waals surface area contributed by atoms with Crippen LogP contribution in [0.15, 0.2) is 29.0 Å². The van der Waals surface area contributed by atoms with E-state index < -0.39 is 5.91 Å². The highest BCUT2D eigenvalue weighted by molar-refractivity contribution is 5.91. The van der Waals surface area contributed by atoms with E-state index in [2.05, 4.69) is 20.0 Å². The van der Waals surface area contributed by atoms with Gasteiger partial charge in [-0.1, -0.05) is 5.16 Å². The Morgan fingerprint density at radius 3 is 2.88 bits per heavy atom. The molecule has 0 spiro atoms. The summed E-state index contributed by atoms with van der Waals surface area (Å²) in [6.45, 7) is 0.399. The van der Waals surface area contributed by atoms with E-state index in [1.165, 1.54) is 12.3 Å². The number of aromatic nitrogens is 2. The number of nitrogen functional groups attached to an aromatic ring is 1. The number of amides is 1. The van der Waals surface area contributed by atoms with E-state index in [1.807, 2.05) is 0 Å². The predicted molar refractivity (Wildman–Crippen MR) is 61.0 cm³/mol. The zero-order valence-corrected chi connectivity index (χ0v) is 8.88. The minimum absolute atomic E-state index is 0.154. The molecule has 7 nitrogen and oxygen atoms in total. The van der Waals surface area contributed by atoms with Crippen LogP contribution < -0.4 is 16.8 Å². The van der Waals surface area contributed by atoms with Gasteiger partial charge in [-0.25, -0.2) is 4.98 Å². The molecule has 0 atom stereocenters. The number of carbonyl (C=O) groups excluding carboxylic acids is 1. The lowest BCUT2D eigenvalue weighted by atomic mass is 10.3. The van der Waals surface area contributed by atoms with Crippen LogP contribution in [0, 0.1) is 0 Å². The molecule has 2 rings (SSSR count). The summed E-state index contributed by atoms with van der Waals surface area (Å²) < 4.78 is 4.68. The van der Waals surface area contributed by atoms with Gasteiger partial charge in [-0.3, -0.25) is 4.79 Å². The molecule has 2 aromatic rings. The van der Waals surface area contributed by atoms with Crippen molar-refractivity contribution in [2.75, 3.05) is 11.1 Å². The molecule has 0 fully saturated rings. The second-order valence-corrected chi connectivity index (χ2v) is 3.34. The van der Waals surface area contributed by atoms with Crippen LogP contribution in [0.1, 0.15) is 16.2 Å². The van der Waals surface area contributed by atoms with Gasteiger partial charge in [0.15, 0.2) is 0 Å². The van der Waals surface area contributed by atoms with Gasteiger partial charge in [0.25, 0.3) is 5.91 Å². The van der Waals surface area contributed by atoms with Crippen LogP contribution in [0.25, 0.3) is 0 Å². The van der Waals surface area contributed by atoms with Crippen LogP contribution in [0.2, 0.25) is 0 Å². The third kappa shape index (κ3) is 2.51. The van der Waals surface area contributed by atoms with Crippen molar-refractivity contribution >= 4 is 17.4 Å². The van der Waals surface area contributed by atoms with Crippen LogP contribution in [-0.2, 0) is 6.54 Å². The fourth-order valence-corrected chi connectivity index (χ4v) is 1.25. The van der Waals surface area contributed by atoms with Gasteiger partial charge in [0.2, 0.25) is 0 Å². The largest absolute Gasteiger partial charge is 0.396 e. The molecular formula is C10H11N5O2. The van der Waals surface area contributed by atoms with Crippen LogP contribution in [0.5, 0.6) is 0 Å². The van der Waals surface area contributed by atoms with Gasteiger partial charge in [-0.2, -0.15) is 0 Å². The highest BCUT2D eigenvalue weighted by atomic mass is 16.5. The van der Waals surface area contributed by atoms with Crippen molar-refractivity contribution in [1.29, 1.82) is 0 Å². The monoisotopic (exact) mass is 233 g/mol. The van der Waals surface area contributed by atoms with E-state index in [0.717, 1.165) is 0 Å². The van der Waals surface area contributed by atoms with Gasteiger partial charge in [-0.15, -0.1) is 0 Å². The molecule has 0 aliphatic rings. The number of nitrogens with one attached hydrogen (secondary N) is 1. The zero-order chi connectivity index (χ0) is 12.3. The Morgan fingerprint density at radius 2 is 2.24 bits per heavy atom. The average Bonchev–Trinajstić information content (AvgIpc) is 2.80. The summed E-state index contributed by atoms with van der Waals surface area (Å²) in [5.41, 5.74) is 12.1. The number of pyridine rings is 1. The van der Waals surface area contributed by atoms with E-state index >= 15 is 0 Å². The molecule has 0 unspecified atom stereocenters. The summed E-state index contributed by atoms with van der Waals surface area (Å²) in [5, 5.41) is 6.66. The van der Waals surface area contributed by atoms with Gasteiger partial charge in [0.05, 0.1) is 12.2 Å². The molecule has 0 aliphatic carbocycles. The van der Waals surface area contributed by atoms with Crippen molar-refractivity contribution in [3.8, 4) is 0 Å². The minimum Gasteiger partial charge on any atom is -0.396 e. The SMILES string of the molecule is NC(=O)c1ccc(N)c(NCc2ccon2)n1. The maximum absolute atomic E-state index is 11.0. The molecule has 0 bridgehead atoms. The lowest BCUT2D eigenvalue weighted by Gasteiger charge is -2.07. The Labute approximate surface area is 96.8 Å². The molecule has 1 amide bonds. The van der Waals surface area contributed by atoms with Crippen molar-refractivity contribution in [3.63, 3.8) is 0 Å². The van der Waals surface area contributed by atoms with Crippen LogP contribution in [0.3, 0.4) is 0 Å². The van der Waals surface area contributed by atoms with Crippen LogP contribution >= 0.6 is 0 Å². The summed E-state index contributed by atoms with van der Waals surface area (Å²) in [7, 11) is 0. The smallest absolute Gasteiger partial charge is 0.267 e. The minimum atomic E-state index is -0.602. The van der Waals surface area contributed by atoms with Gasteiger partial charge in [0.1, 0.15) is 23.5 Å². The molecule has 0 radical (unpaired) electrons. The molecule has 5 N–H and O–H groups in total. The maximum Gasteiger partial charge on any atom is 0.267 e. The third-order valence-corrected chi connectivity index (χ3v) is 2.11. The summed E-state index contributed by atoms with van der Waals surface area (Å²) in [6.07, 6.45) is 1.47. The molecule has 0 saturated heterocycles. The second kappa shape index (κ2) is 4.52. The third-order valence-electron chi connectivity index (χ3n) is 2.11. The number of hydrogen-bond acceptors (Lipinski definition) is 6. The molecule has 2 aromatic heterocycles. The molecule has 0 saturated carbocycles. The van der Waals surface area contributed by atoms with E-state index in [1.54, 1.807) is 12.1 Å². The van der Waals surface area contributed by atoms with Crippen molar-refractivity contribution in [2.24, 2.45) is 5.73 Å². The Hall–Kier alpha value is -2.57. The predicted octanol–water partition coefficient (Wildman–Crippen LogP) is 0.363. The quantitative estimate of drug-likeness (QED) is 0.701. The first-order valence-corrected chi connectivity index (χ1v) is 4.86. The second-order valence-electron chi connectivity index (χ2n) is 3.34. The van der Waals surface area contributed by atoms with Gasteiger partial charge < -0.3 is 21.3 Å². The fourth-order valence-electron chi connectivity index (χ4n) is 1.25. The van der Waals surface area contributed by atoms with E-state index in [9.17, 15) is 4.79 Å². The van der Waals surface area contributed by atoms with Crippen molar-refractivity contribution < 1.29 is 9.32 Å². The Bertz CT molecular complexity index is 523. The first kappa shape index (κ1) is 10.9. The standard InChI is InChI=1S/C10H11N5O2/c11-7-1-2-8(9(12)16)14-10(7)13-5-6-3-4-17-15-6/h1-4H,5,11H2,(H2,12,16)(H,13,14). The topological polar surface area (TPSA) is 120 Å². The zero-order valence-electron chi connectivity index (χ0n) is 8.88. The van der Waals surface area contributed by atoms with Gasteiger partial charge >= 0.3 is 0 Å². The number of carbonyl (C=O) groups is 1. The summed E-state index contributed by atoms with van der Waals surface area (Å²) >= 11 is 0. The molecule has 88 valence electrons. The Morgan fingerprint density at radius 1 is 1.41 bits per heavy atom. The molecule has 7 heteroatoms. The summed E-state index contributed by atoms with van der Waals surface area (Å²) in [4.78, 5) is 15.0. The molecular weight excluding hydrogens is 222 g/mol. The molecule has 2 heterocycles. The lowest BCUT2D eigenvalue weighted by molar-refractivity contribution is 0.0996. The Kier molecular flexibility index (Phi) is 2.91. The average molecular weight is 233 g/mol. The van der Waals surface area contributed by atoms with Crippen molar-refractivity contribution in [3.05, 3.63) is 35.9 Å². The van der Waals surface area contributed by atoms with Crippen LogP contribution in [0.4, 0.5) is 11.5 Å². The first-order valence-electron chi connectivity index (χ1n) is 4.86. The summed E-state index contributed by atoms with van der Waals surface area (Å²) in [5.74, 6) is -0.209. The Balaban J connectivity index is 2.14. The molecule has 17 heavy (non-hydrogen) atoms.